The summed E-state index contributed by atoms with van der Waals surface area (Å²) < 4.78 is 10.6. The fourth-order valence-electron chi connectivity index (χ4n) is 2.82. The second-order valence-electron chi connectivity index (χ2n) is 6.16. The van der Waals surface area contributed by atoms with Crippen LogP contribution in [0.2, 0.25) is 0 Å². The molecule has 0 heterocycles. The van der Waals surface area contributed by atoms with E-state index in [1.165, 1.54) is 5.56 Å². The summed E-state index contributed by atoms with van der Waals surface area (Å²) in [5.41, 5.74) is 3.01. The van der Waals surface area contributed by atoms with E-state index < -0.39 is 0 Å². The van der Waals surface area contributed by atoms with Crippen LogP contribution in [0.1, 0.15) is 43.0 Å². The number of benzene rings is 2. The van der Waals surface area contributed by atoms with Gasteiger partial charge in [0.25, 0.3) is 0 Å². The molecule has 0 fully saturated rings. The monoisotopic (exact) mass is 358 g/mol. The lowest BCUT2D eigenvalue weighted by atomic mass is 10.0. The third kappa shape index (κ3) is 5.49. The number of carbonyl (C=O) groups excluding carboxylic acids is 1. The molecule has 3 N–H and O–H groups in total. The lowest BCUT2D eigenvalue weighted by Gasteiger charge is -2.17. The molecule has 5 heteroatoms. The van der Waals surface area contributed by atoms with Crippen LogP contribution in [-0.2, 0) is 16.1 Å². The third-order valence-corrected chi connectivity index (χ3v) is 4.20. The van der Waals surface area contributed by atoms with Crippen molar-refractivity contribution in [3.05, 3.63) is 59.2 Å². The zero-order valence-corrected chi connectivity index (χ0v) is 15.7. The van der Waals surface area contributed by atoms with Crippen molar-refractivity contribution in [1.29, 1.82) is 0 Å². The van der Waals surface area contributed by atoms with E-state index in [4.69, 9.17) is 9.47 Å². The second-order valence-corrected chi connectivity index (χ2v) is 6.16. The van der Waals surface area contributed by atoms with E-state index in [0.717, 1.165) is 11.1 Å². The van der Waals surface area contributed by atoms with Gasteiger partial charge in [-0.15, -0.1) is 0 Å². The minimum Gasteiger partial charge on any atom is -0.504 e. The van der Waals surface area contributed by atoms with Crippen LogP contribution in [0.3, 0.4) is 0 Å². The van der Waals surface area contributed by atoms with Gasteiger partial charge in [0, 0.05) is 5.56 Å². The van der Waals surface area contributed by atoms with E-state index >= 15 is 0 Å². The van der Waals surface area contributed by atoms with E-state index in [2.05, 4.69) is 0 Å². The Morgan fingerprint density at radius 1 is 1.12 bits per heavy atom. The quantitative estimate of drug-likeness (QED) is 0.676. The Balaban J connectivity index is 2.15. The number of aryl methyl sites for hydroxylation is 1. The molecule has 2 aromatic rings. The normalized spacial score (nSPS) is 11.8. The van der Waals surface area contributed by atoms with Crippen LogP contribution in [0.25, 0.3) is 0 Å². The average Bonchev–Trinajstić information content (AvgIpc) is 2.62. The number of phenolic OH excluding ortho intramolecular Hbond substituents is 1. The fourth-order valence-corrected chi connectivity index (χ4v) is 2.82. The molecule has 0 aliphatic rings. The van der Waals surface area contributed by atoms with Crippen molar-refractivity contribution >= 4 is 5.97 Å². The first-order chi connectivity index (χ1) is 12.5. The lowest BCUT2D eigenvalue weighted by molar-refractivity contribution is -0.710. The van der Waals surface area contributed by atoms with E-state index in [-0.39, 0.29) is 24.2 Å². The Morgan fingerprint density at radius 2 is 1.85 bits per heavy atom. The standard InChI is InChI=1S/C21H27NO4/c1-4-25-19-8-6-7-17(21(19)24)14-22-18(13-20(23)26-5-2)16-11-9-15(3)10-12-16/h6-12,18,22,24H,4-5,13-14H2,1-3H3/p+1/t18-/m1/s1. The Kier molecular flexibility index (Phi) is 7.48. The highest BCUT2D eigenvalue weighted by Gasteiger charge is 2.21. The number of hydrogen-bond donors (Lipinski definition) is 2. The Morgan fingerprint density at radius 3 is 2.50 bits per heavy atom. The molecule has 1 atom stereocenters. The summed E-state index contributed by atoms with van der Waals surface area (Å²) in [7, 11) is 0. The van der Waals surface area contributed by atoms with E-state index in [9.17, 15) is 9.90 Å². The van der Waals surface area contributed by atoms with Gasteiger partial charge in [0.2, 0.25) is 0 Å². The largest absolute Gasteiger partial charge is 0.504 e. The predicted octanol–water partition coefficient (Wildman–Crippen LogP) is 2.86. The number of carbonyl (C=O) groups is 1. The zero-order valence-electron chi connectivity index (χ0n) is 15.7. The molecule has 0 saturated carbocycles. The van der Waals surface area contributed by atoms with Crippen molar-refractivity contribution in [1.82, 2.24) is 0 Å². The Labute approximate surface area is 155 Å². The van der Waals surface area contributed by atoms with Gasteiger partial charge in [-0.2, -0.15) is 0 Å². The van der Waals surface area contributed by atoms with Crippen molar-refractivity contribution in [2.75, 3.05) is 13.2 Å². The summed E-state index contributed by atoms with van der Waals surface area (Å²) in [6.07, 6.45) is 0.281. The van der Waals surface area contributed by atoms with Crippen molar-refractivity contribution < 1.29 is 24.7 Å². The van der Waals surface area contributed by atoms with Crippen LogP contribution in [0.4, 0.5) is 0 Å². The molecule has 0 bridgehead atoms. The fraction of sp³-hybridized carbons (Fsp3) is 0.381. The number of hydrogen-bond acceptors (Lipinski definition) is 4. The number of nitrogens with two attached hydrogens (primary N) is 1. The van der Waals surface area contributed by atoms with Crippen LogP contribution in [0, 0.1) is 6.92 Å². The molecule has 0 amide bonds. The summed E-state index contributed by atoms with van der Waals surface area (Å²) in [5, 5.41) is 12.4. The van der Waals surface area contributed by atoms with E-state index in [1.807, 2.05) is 55.6 Å². The second kappa shape index (κ2) is 9.82. The maximum absolute atomic E-state index is 12.0. The Hall–Kier alpha value is -2.53. The van der Waals surface area contributed by atoms with Gasteiger partial charge in [0.05, 0.1) is 18.8 Å². The minimum atomic E-state index is -0.221. The molecule has 2 rings (SSSR count). The molecule has 0 radical (unpaired) electrons. The maximum atomic E-state index is 12.0. The summed E-state index contributed by atoms with van der Waals surface area (Å²) in [6, 6.07) is 13.5. The van der Waals surface area contributed by atoms with Crippen LogP contribution in [0.15, 0.2) is 42.5 Å². The topological polar surface area (TPSA) is 72.4 Å². The van der Waals surface area contributed by atoms with Crippen LogP contribution in [0.5, 0.6) is 11.5 Å². The smallest absolute Gasteiger partial charge is 0.312 e. The molecule has 26 heavy (non-hydrogen) atoms. The highest BCUT2D eigenvalue weighted by atomic mass is 16.5. The predicted molar refractivity (Wildman–Crippen MR) is 100 cm³/mol. The van der Waals surface area contributed by atoms with Crippen molar-refractivity contribution in [2.24, 2.45) is 0 Å². The number of phenols is 1. The Bertz CT molecular complexity index is 712. The number of para-hydroxylation sites is 1. The molecule has 2 aromatic carbocycles. The van der Waals surface area contributed by atoms with Crippen LogP contribution >= 0.6 is 0 Å². The van der Waals surface area contributed by atoms with E-state index in [0.29, 0.717) is 25.5 Å². The molecular formula is C21H28NO4+. The molecule has 0 aliphatic carbocycles. The number of quaternary nitrogens is 1. The first-order valence-corrected chi connectivity index (χ1v) is 9.04. The highest BCUT2D eigenvalue weighted by molar-refractivity contribution is 5.70. The zero-order chi connectivity index (χ0) is 18.9. The first-order valence-electron chi connectivity index (χ1n) is 9.04. The van der Waals surface area contributed by atoms with Gasteiger partial charge in [-0.05, 0) is 32.9 Å². The average molecular weight is 358 g/mol. The maximum Gasteiger partial charge on any atom is 0.312 e. The number of ether oxygens (including phenoxy) is 2. The van der Waals surface area contributed by atoms with E-state index in [1.54, 1.807) is 13.0 Å². The molecule has 0 aliphatic heterocycles. The van der Waals surface area contributed by atoms with Crippen molar-refractivity contribution in [2.45, 2.75) is 39.8 Å². The van der Waals surface area contributed by atoms with Crippen LogP contribution < -0.4 is 10.1 Å². The number of aromatic hydroxyl groups is 1. The van der Waals surface area contributed by atoms with Crippen LogP contribution in [-0.4, -0.2) is 24.3 Å². The molecule has 140 valence electrons. The van der Waals surface area contributed by atoms with Crippen molar-refractivity contribution in [3.8, 4) is 11.5 Å². The molecule has 0 aromatic heterocycles. The van der Waals surface area contributed by atoms with Gasteiger partial charge in [0.1, 0.15) is 19.0 Å². The van der Waals surface area contributed by atoms with Gasteiger partial charge in [-0.25, -0.2) is 0 Å². The van der Waals surface area contributed by atoms with Crippen molar-refractivity contribution in [3.63, 3.8) is 0 Å². The highest BCUT2D eigenvalue weighted by Crippen LogP contribution is 2.29. The number of esters is 1. The SMILES string of the molecule is CCOC(=O)C[C@@H]([NH2+]Cc1cccc(OCC)c1O)c1ccc(C)cc1. The summed E-state index contributed by atoms with van der Waals surface area (Å²) in [4.78, 5) is 12.0. The molecule has 0 spiro atoms. The molecule has 5 nitrogen and oxygen atoms in total. The van der Waals surface area contributed by atoms with Gasteiger partial charge in [-0.3, -0.25) is 4.79 Å². The number of rotatable bonds is 9. The van der Waals surface area contributed by atoms with Gasteiger partial charge in [0.15, 0.2) is 11.5 Å². The third-order valence-electron chi connectivity index (χ3n) is 4.20. The minimum absolute atomic E-state index is 0.0789. The summed E-state index contributed by atoms with van der Waals surface area (Å²) in [6.45, 7) is 7.12. The van der Waals surface area contributed by atoms with Gasteiger partial charge in [-0.1, -0.05) is 35.9 Å². The first kappa shape index (κ1) is 19.8. The molecule has 0 unspecified atom stereocenters. The summed E-state index contributed by atoms with van der Waals surface area (Å²) >= 11 is 0. The summed E-state index contributed by atoms with van der Waals surface area (Å²) in [5.74, 6) is 0.418. The molecule has 0 saturated heterocycles. The lowest BCUT2D eigenvalue weighted by Crippen LogP contribution is -2.84. The molecular weight excluding hydrogens is 330 g/mol. The van der Waals surface area contributed by atoms with Gasteiger partial charge < -0.3 is 19.9 Å². The van der Waals surface area contributed by atoms with Gasteiger partial charge >= 0.3 is 5.97 Å².